The summed E-state index contributed by atoms with van der Waals surface area (Å²) < 4.78 is 0. The molecule has 1 fully saturated rings. The van der Waals surface area contributed by atoms with Crippen LogP contribution in [-0.4, -0.2) is 55.6 Å². The van der Waals surface area contributed by atoms with Crippen LogP contribution in [0.2, 0.25) is 0 Å². The standard InChI is InChI=1S/C24H31N5O2/c1-4-13-25-24(31)27-21-9-7-20(8-10-21)26-23(30)19-5-11-22(12-6-19)29-16-14-28(15-17-29)18(2)3/h4-12,18H,1,13-17H2,2-3H3,(H,26,30)(H2,25,27,31). The predicted molar refractivity (Wildman–Crippen MR) is 127 cm³/mol. The lowest BCUT2D eigenvalue weighted by atomic mass is 10.1. The minimum Gasteiger partial charge on any atom is -0.369 e. The number of hydrogen-bond acceptors (Lipinski definition) is 4. The maximum atomic E-state index is 12.6. The number of hydrogen-bond donors (Lipinski definition) is 3. The number of piperazine rings is 1. The Hall–Kier alpha value is -3.32. The van der Waals surface area contributed by atoms with Crippen molar-refractivity contribution in [2.45, 2.75) is 19.9 Å². The Labute approximate surface area is 184 Å². The van der Waals surface area contributed by atoms with Crippen molar-refractivity contribution in [1.29, 1.82) is 0 Å². The van der Waals surface area contributed by atoms with Gasteiger partial charge in [-0.25, -0.2) is 4.79 Å². The predicted octanol–water partition coefficient (Wildman–Crippen LogP) is 3.78. The van der Waals surface area contributed by atoms with E-state index in [0.717, 1.165) is 31.9 Å². The normalized spacial score (nSPS) is 14.2. The highest BCUT2D eigenvalue weighted by atomic mass is 16.2. The van der Waals surface area contributed by atoms with Crippen LogP contribution in [0.3, 0.4) is 0 Å². The molecule has 2 aromatic carbocycles. The fraction of sp³-hybridized carbons (Fsp3) is 0.333. The number of urea groups is 1. The van der Waals surface area contributed by atoms with Gasteiger partial charge in [0.1, 0.15) is 0 Å². The van der Waals surface area contributed by atoms with Crippen molar-refractivity contribution in [1.82, 2.24) is 10.2 Å². The number of nitrogens with one attached hydrogen (secondary N) is 3. The Kier molecular flexibility index (Phi) is 7.67. The van der Waals surface area contributed by atoms with Crippen molar-refractivity contribution >= 4 is 29.0 Å². The molecule has 0 aromatic heterocycles. The summed E-state index contributed by atoms with van der Waals surface area (Å²) in [6, 6.07) is 15.0. The van der Waals surface area contributed by atoms with E-state index in [1.54, 1.807) is 30.3 Å². The summed E-state index contributed by atoms with van der Waals surface area (Å²) >= 11 is 0. The zero-order valence-corrected chi connectivity index (χ0v) is 18.2. The average molecular weight is 422 g/mol. The summed E-state index contributed by atoms with van der Waals surface area (Å²) in [5, 5.41) is 8.25. The van der Waals surface area contributed by atoms with E-state index in [0.29, 0.717) is 29.5 Å². The first-order valence-corrected chi connectivity index (χ1v) is 10.6. The molecule has 0 unspecified atom stereocenters. The van der Waals surface area contributed by atoms with Crippen LogP contribution in [0.1, 0.15) is 24.2 Å². The highest BCUT2D eigenvalue weighted by molar-refractivity contribution is 6.04. The summed E-state index contributed by atoms with van der Waals surface area (Å²) in [6.45, 7) is 12.5. The van der Waals surface area contributed by atoms with Gasteiger partial charge >= 0.3 is 6.03 Å². The molecule has 3 rings (SSSR count). The van der Waals surface area contributed by atoms with Crippen molar-refractivity contribution < 1.29 is 9.59 Å². The number of carbonyl (C=O) groups is 2. The Morgan fingerprint density at radius 1 is 0.935 bits per heavy atom. The molecule has 7 heteroatoms. The highest BCUT2D eigenvalue weighted by Gasteiger charge is 2.19. The van der Waals surface area contributed by atoms with E-state index in [2.05, 4.69) is 46.2 Å². The monoisotopic (exact) mass is 421 g/mol. The lowest BCUT2D eigenvalue weighted by Gasteiger charge is -2.38. The molecule has 3 amide bonds. The number of anilines is 3. The van der Waals surface area contributed by atoms with Gasteiger partial charge < -0.3 is 20.9 Å². The average Bonchev–Trinajstić information content (AvgIpc) is 2.79. The van der Waals surface area contributed by atoms with Gasteiger partial charge in [0.25, 0.3) is 5.91 Å². The Morgan fingerprint density at radius 2 is 1.52 bits per heavy atom. The SMILES string of the molecule is C=CCNC(=O)Nc1ccc(NC(=O)c2ccc(N3CCN(C(C)C)CC3)cc2)cc1. The van der Waals surface area contributed by atoms with E-state index < -0.39 is 0 Å². The topological polar surface area (TPSA) is 76.7 Å². The van der Waals surface area contributed by atoms with Gasteiger partial charge in [-0.3, -0.25) is 9.69 Å². The molecule has 1 heterocycles. The largest absolute Gasteiger partial charge is 0.369 e. The zero-order valence-electron chi connectivity index (χ0n) is 18.2. The van der Waals surface area contributed by atoms with E-state index in [1.165, 1.54) is 0 Å². The maximum Gasteiger partial charge on any atom is 0.319 e. The fourth-order valence-electron chi connectivity index (χ4n) is 3.50. The smallest absolute Gasteiger partial charge is 0.319 e. The molecule has 1 aliphatic rings. The summed E-state index contributed by atoms with van der Waals surface area (Å²) in [6.07, 6.45) is 1.61. The second-order valence-corrected chi connectivity index (χ2v) is 7.82. The fourth-order valence-corrected chi connectivity index (χ4v) is 3.50. The number of amides is 3. The minimum atomic E-state index is -0.303. The van der Waals surface area contributed by atoms with Crippen LogP contribution >= 0.6 is 0 Å². The highest BCUT2D eigenvalue weighted by Crippen LogP contribution is 2.19. The van der Waals surface area contributed by atoms with Crippen LogP contribution < -0.4 is 20.9 Å². The molecule has 0 aliphatic carbocycles. The van der Waals surface area contributed by atoms with Crippen molar-refractivity contribution in [3.8, 4) is 0 Å². The number of nitrogens with zero attached hydrogens (tertiary/aromatic N) is 2. The Balaban J connectivity index is 1.52. The molecule has 164 valence electrons. The lowest BCUT2D eigenvalue weighted by molar-refractivity contribution is 0.102. The minimum absolute atomic E-state index is 0.166. The summed E-state index contributed by atoms with van der Waals surface area (Å²) in [5.74, 6) is -0.166. The number of carbonyl (C=O) groups excluding carboxylic acids is 2. The van der Waals surface area contributed by atoms with Crippen molar-refractivity contribution in [2.75, 3.05) is 48.3 Å². The van der Waals surface area contributed by atoms with Gasteiger partial charge in [-0.1, -0.05) is 6.08 Å². The van der Waals surface area contributed by atoms with Crippen molar-refractivity contribution in [2.24, 2.45) is 0 Å². The van der Waals surface area contributed by atoms with Crippen LogP contribution in [-0.2, 0) is 0 Å². The third-order valence-corrected chi connectivity index (χ3v) is 5.35. The molecule has 31 heavy (non-hydrogen) atoms. The van der Waals surface area contributed by atoms with E-state index in [1.807, 2.05) is 24.3 Å². The zero-order chi connectivity index (χ0) is 22.2. The first-order valence-electron chi connectivity index (χ1n) is 10.6. The first kappa shape index (κ1) is 22.4. The van der Waals surface area contributed by atoms with Crippen LogP contribution in [0.5, 0.6) is 0 Å². The van der Waals surface area contributed by atoms with Crippen molar-refractivity contribution in [3.63, 3.8) is 0 Å². The van der Waals surface area contributed by atoms with Gasteiger partial charge in [-0.15, -0.1) is 6.58 Å². The summed E-state index contributed by atoms with van der Waals surface area (Å²) in [7, 11) is 0. The number of benzene rings is 2. The van der Waals surface area contributed by atoms with Gasteiger partial charge in [0.05, 0.1) is 0 Å². The van der Waals surface area contributed by atoms with Gasteiger partial charge in [0.2, 0.25) is 0 Å². The molecule has 0 spiro atoms. The van der Waals surface area contributed by atoms with E-state index in [4.69, 9.17) is 0 Å². The van der Waals surface area contributed by atoms with Crippen LogP contribution in [0.15, 0.2) is 61.2 Å². The molecule has 1 saturated heterocycles. The van der Waals surface area contributed by atoms with E-state index >= 15 is 0 Å². The molecule has 0 bridgehead atoms. The lowest BCUT2D eigenvalue weighted by Crippen LogP contribution is -2.48. The summed E-state index contributed by atoms with van der Waals surface area (Å²) in [4.78, 5) is 29.1. The molecular formula is C24H31N5O2. The second kappa shape index (κ2) is 10.6. The molecule has 0 saturated carbocycles. The molecule has 7 nitrogen and oxygen atoms in total. The first-order chi connectivity index (χ1) is 15.0. The molecule has 2 aromatic rings. The van der Waals surface area contributed by atoms with Gasteiger partial charge in [0, 0.05) is 61.4 Å². The molecule has 0 atom stereocenters. The quantitative estimate of drug-likeness (QED) is 0.595. The summed E-state index contributed by atoms with van der Waals surface area (Å²) in [5.41, 5.74) is 3.05. The van der Waals surface area contributed by atoms with Gasteiger partial charge in [-0.2, -0.15) is 0 Å². The van der Waals surface area contributed by atoms with E-state index in [-0.39, 0.29) is 11.9 Å². The maximum absolute atomic E-state index is 12.6. The Bertz CT molecular complexity index is 885. The van der Waals surface area contributed by atoms with Crippen LogP contribution in [0.4, 0.5) is 21.9 Å². The van der Waals surface area contributed by atoms with Crippen LogP contribution in [0, 0.1) is 0 Å². The van der Waals surface area contributed by atoms with Gasteiger partial charge in [-0.05, 0) is 62.4 Å². The van der Waals surface area contributed by atoms with Crippen LogP contribution in [0.25, 0.3) is 0 Å². The van der Waals surface area contributed by atoms with E-state index in [9.17, 15) is 9.59 Å². The molecule has 1 aliphatic heterocycles. The molecule has 3 N–H and O–H groups in total. The second-order valence-electron chi connectivity index (χ2n) is 7.82. The number of rotatable bonds is 7. The third-order valence-electron chi connectivity index (χ3n) is 5.35. The Morgan fingerprint density at radius 3 is 2.06 bits per heavy atom. The molecule has 0 radical (unpaired) electrons. The third kappa shape index (κ3) is 6.33. The van der Waals surface area contributed by atoms with Gasteiger partial charge in [0.15, 0.2) is 0 Å². The molecular weight excluding hydrogens is 390 g/mol. The van der Waals surface area contributed by atoms with Crippen molar-refractivity contribution in [3.05, 3.63) is 66.7 Å².